The molecule has 2 heteroatoms. The van der Waals surface area contributed by atoms with Crippen LogP contribution < -0.4 is 5.32 Å². The van der Waals surface area contributed by atoms with E-state index in [1.54, 1.807) is 5.57 Å². The molecule has 1 aliphatic heterocycles. The predicted octanol–water partition coefficient (Wildman–Crippen LogP) is 4.28. The smallest absolute Gasteiger partial charge is 0.0406 e. The van der Waals surface area contributed by atoms with Crippen LogP contribution in [-0.4, -0.2) is 12.6 Å². The van der Waals surface area contributed by atoms with Gasteiger partial charge in [-0.05, 0) is 43.0 Å². The van der Waals surface area contributed by atoms with Crippen molar-refractivity contribution in [2.45, 2.75) is 39.2 Å². The Morgan fingerprint density at radius 3 is 2.65 bits per heavy atom. The van der Waals surface area contributed by atoms with Crippen LogP contribution in [0.4, 0.5) is 0 Å². The third-order valence-electron chi connectivity index (χ3n) is 3.35. The largest absolute Gasteiger partial charge is 0.310 e. The number of benzene rings is 1. The summed E-state index contributed by atoms with van der Waals surface area (Å²) in [6.45, 7) is 5.52. The lowest BCUT2D eigenvalue weighted by molar-refractivity contribution is 0.555. The molecule has 1 aromatic carbocycles. The van der Waals surface area contributed by atoms with Gasteiger partial charge in [-0.2, -0.15) is 0 Å². The van der Waals surface area contributed by atoms with Gasteiger partial charge < -0.3 is 5.32 Å². The van der Waals surface area contributed by atoms with Crippen molar-refractivity contribution in [1.82, 2.24) is 5.32 Å². The van der Waals surface area contributed by atoms with Gasteiger partial charge in [0.2, 0.25) is 0 Å². The first-order chi connectivity index (χ1) is 8.20. The first-order valence-electron chi connectivity index (χ1n) is 6.41. The molecule has 0 aromatic heterocycles. The maximum Gasteiger partial charge on any atom is 0.0406 e. The Morgan fingerprint density at radius 1 is 1.29 bits per heavy atom. The molecule has 1 nitrogen and oxygen atoms in total. The van der Waals surface area contributed by atoms with E-state index in [-0.39, 0.29) is 0 Å². The van der Waals surface area contributed by atoms with Gasteiger partial charge in [0.15, 0.2) is 0 Å². The molecule has 0 spiro atoms. The second-order valence-electron chi connectivity index (χ2n) is 4.83. The molecule has 0 saturated carbocycles. The quantitative estimate of drug-likeness (QED) is 0.843. The maximum atomic E-state index is 5.95. The Balaban J connectivity index is 2.33. The van der Waals surface area contributed by atoms with E-state index in [1.165, 1.54) is 24.0 Å². The van der Waals surface area contributed by atoms with E-state index in [1.807, 2.05) is 12.1 Å². The Kier molecular flexibility index (Phi) is 4.25. The van der Waals surface area contributed by atoms with E-state index in [4.69, 9.17) is 11.6 Å². The van der Waals surface area contributed by atoms with E-state index >= 15 is 0 Å². The molecule has 1 heterocycles. The summed E-state index contributed by atoms with van der Waals surface area (Å²) >= 11 is 5.95. The molecule has 0 saturated heterocycles. The monoisotopic (exact) mass is 249 g/mol. The Bertz CT molecular complexity index is 405. The molecule has 1 N–H and O–H groups in total. The van der Waals surface area contributed by atoms with Gasteiger partial charge in [-0.25, -0.2) is 0 Å². The summed E-state index contributed by atoms with van der Waals surface area (Å²) in [4.78, 5) is 0. The molecule has 1 aromatic rings. The lowest BCUT2D eigenvalue weighted by Gasteiger charge is -2.26. The zero-order chi connectivity index (χ0) is 12.3. The van der Waals surface area contributed by atoms with Crippen molar-refractivity contribution in [3.8, 4) is 0 Å². The fraction of sp³-hybridized carbons (Fsp3) is 0.467. The molecule has 1 aliphatic rings. The maximum absolute atomic E-state index is 5.95. The van der Waals surface area contributed by atoms with Crippen LogP contribution in [0.25, 0.3) is 5.57 Å². The lowest BCUT2D eigenvalue weighted by atomic mass is 9.89. The van der Waals surface area contributed by atoms with Crippen molar-refractivity contribution in [2.75, 3.05) is 6.54 Å². The van der Waals surface area contributed by atoms with Crippen molar-refractivity contribution in [3.05, 3.63) is 40.4 Å². The van der Waals surface area contributed by atoms with E-state index in [0.717, 1.165) is 18.0 Å². The average molecular weight is 250 g/mol. The molecular formula is C15H20ClN. The van der Waals surface area contributed by atoms with Crippen molar-refractivity contribution in [1.29, 1.82) is 0 Å². The summed E-state index contributed by atoms with van der Waals surface area (Å²) in [5.41, 5.74) is 4.42. The summed E-state index contributed by atoms with van der Waals surface area (Å²) in [5.74, 6) is 0. The number of hydrogen-bond acceptors (Lipinski definition) is 1. The highest BCUT2D eigenvalue weighted by atomic mass is 35.5. The van der Waals surface area contributed by atoms with Crippen LogP contribution in [-0.2, 0) is 0 Å². The van der Waals surface area contributed by atoms with Gasteiger partial charge in [-0.3, -0.25) is 0 Å². The van der Waals surface area contributed by atoms with Crippen LogP contribution in [0.15, 0.2) is 29.8 Å². The number of halogens is 1. The first-order valence-corrected chi connectivity index (χ1v) is 6.78. The van der Waals surface area contributed by atoms with Gasteiger partial charge >= 0.3 is 0 Å². The molecular weight excluding hydrogens is 230 g/mol. The summed E-state index contributed by atoms with van der Waals surface area (Å²) in [5, 5.41) is 4.36. The highest BCUT2D eigenvalue weighted by molar-refractivity contribution is 6.30. The minimum Gasteiger partial charge on any atom is -0.310 e. The second-order valence-corrected chi connectivity index (χ2v) is 5.26. The van der Waals surface area contributed by atoms with Crippen molar-refractivity contribution in [2.24, 2.45) is 0 Å². The second kappa shape index (κ2) is 5.70. The molecule has 0 fully saturated rings. The summed E-state index contributed by atoms with van der Waals surface area (Å²) in [6, 6.07) is 8.83. The van der Waals surface area contributed by atoms with E-state index in [2.05, 4.69) is 31.3 Å². The molecule has 0 amide bonds. The summed E-state index contributed by atoms with van der Waals surface area (Å²) in [7, 11) is 0. The Hall–Kier alpha value is -0.790. The number of nitrogens with one attached hydrogen (secondary N) is 1. The van der Waals surface area contributed by atoms with Gasteiger partial charge in [0.1, 0.15) is 0 Å². The Morgan fingerprint density at radius 2 is 2.00 bits per heavy atom. The fourth-order valence-corrected chi connectivity index (χ4v) is 2.57. The molecule has 2 rings (SSSR count). The molecule has 1 atom stereocenters. The van der Waals surface area contributed by atoms with Gasteiger partial charge in [0, 0.05) is 17.6 Å². The Labute approximate surface area is 109 Å². The zero-order valence-corrected chi connectivity index (χ0v) is 11.3. The molecule has 0 radical (unpaired) electrons. The number of rotatable bonds is 3. The number of hydrogen-bond donors (Lipinski definition) is 1. The minimum absolute atomic E-state index is 0.571. The van der Waals surface area contributed by atoms with Crippen molar-refractivity contribution >= 4 is 17.2 Å². The van der Waals surface area contributed by atoms with Gasteiger partial charge in [0.05, 0.1) is 0 Å². The van der Waals surface area contributed by atoms with Crippen LogP contribution in [0.5, 0.6) is 0 Å². The first kappa shape index (κ1) is 12.7. The fourth-order valence-electron chi connectivity index (χ4n) is 2.44. The molecule has 17 heavy (non-hydrogen) atoms. The standard InChI is InChI=1S/C15H20ClN/c1-3-4-13-10-17-11(2)9-15(13)12-5-7-14(16)8-6-12/h5-8,11,17H,3-4,9-10H2,1-2H3. The minimum atomic E-state index is 0.571. The van der Waals surface area contributed by atoms with Crippen LogP contribution in [0.3, 0.4) is 0 Å². The van der Waals surface area contributed by atoms with Crippen LogP contribution in [0.1, 0.15) is 38.7 Å². The third-order valence-corrected chi connectivity index (χ3v) is 3.60. The SMILES string of the molecule is CCCC1=C(c2ccc(Cl)cc2)CC(C)NC1. The van der Waals surface area contributed by atoms with E-state index in [0.29, 0.717) is 6.04 Å². The van der Waals surface area contributed by atoms with E-state index in [9.17, 15) is 0 Å². The van der Waals surface area contributed by atoms with Crippen LogP contribution in [0, 0.1) is 0 Å². The lowest BCUT2D eigenvalue weighted by Crippen LogP contribution is -2.33. The molecule has 92 valence electrons. The van der Waals surface area contributed by atoms with Crippen molar-refractivity contribution < 1.29 is 0 Å². The van der Waals surface area contributed by atoms with Crippen LogP contribution in [0.2, 0.25) is 5.02 Å². The highest BCUT2D eigenvalue weighted by Gasteiger charge is 2.17. The van der Waals surface area contributed by atoms with Gasteiger partial charge in [0.25, 0.3) is 0 Å². The normalized spacial score (nSPS) is 20.8. The molecule has 0 bridgehead atoms. The highest BCUT2D eigenvalue weighted by Crippen LogP contribution is 2.29. The molecule has 1 unspecified atom stereocenters. The summed E-state index contributed by atoms with van der Waals surface area (Å²) < 4.78 is 0. The van der Waals surface area contributed by atoms with Crippen LogP contribution >= 0.6 is 11.6 Å². The zero-order valence-electron chi connectivity index (χ0n) is 10.6. The third kappa shape index (κ3) is 3.11. The van der Waals surface area contributed by atoms with Gasteiger partial charge in [-0.15, -0.1) is 0 Å². The van der Waals surface area contributed by atoms with Crippen molar-refractivity contribution in [3.63, 3.8) is 0 Å². The summed E-state index contributed by atoms with van der Waals surface area (Å²) in [6.07, 6.45) is 3.52. The van der Waals surface area contributed by atoms with Gasteiger partial charge in [-0.1, -0.05) is 42.7 Å². The molecule has 0 aliphatic carbocycles. The van der Waals surface area contributed by atoms with E-state index < -0.39 is 0 Å². The predicted molar refractivity (Wildman–Crippen MR) is 75.4 cm³/mol. The average Bonchev–Trinajstić information content (AvgIpc) is 2.33. The topological polar surface area (TPSA) is 12.0 Å².